The van der Waals surface area contributed by atoms with E-state index in [9.17, 15) is 0 Å². The van der Waals surface area contributed by atoms with Gasteiger partial charge in [-0.05, 0) is 47.0 Å². The fourth-order valence-electron chi connectivity index (χ4n) is 4.69. The lowest BCUT2D eigenvalue weighted by Gasteiger charge is -2.44. The number of hydrogen-bond acceptors (Lipinski definition) is 3. The van der Waals surface area contributed by atoms with Crippen molar-refractivity contribution in [3.63, 3.8) is 0 Å². The lowest BCUT2D eigenvalue weighted by Crippen LogP contribution is -2.67. The van der Waals surface area contributed by atoms with E-state index in [0.29, 0.717) is 18.6 Å². The van der Waals surface area contributed by atoms with Gasteiger partial charge in [-0.3, -0.25) is 0 Å². The van der Waals surface area contributed by atoms with Crippen LogP contribution in [-0.2, 0) is 9.16 Å². The molecule has 158 valence electrons. The molecular weight excluding hydrogens is 376 g/mol. The second kappa shape index (κ2) is 10.0. The van der Waals surface area contributed by atoms with Gasteiger partial charge in [0.2, 0.25) is 0 Å². The summed E-state index contributed by atoms with van der Waals surface area (Å²) in [6, 6.07) is 21.7. The highest BCUT2D eigenvalue weighted by atomic mass is 28.4. The fraction of sp³-hybridized carbons (Fsp3) is 0.520. The summed E-state index contributed by atoms with van der Waals surface area (Å²) in [4.78, 5) is 0. The number of benzene rings is 2. The average molecular weight is 413 g/mol. The molecule has 1 aliphatic rings. The molecule has 2 aromatic carbocycles. The largest absolute Gasteiger partial charge is 0.407 e. The Labute approximate surface area is 177 Å². The summed E-state index contributed by atoms with van der Waals surface area (Å²) in [5.41, 5.74) is 0. The molecule has 1 fully saturated rings. The summed E-state index contributed by atoms with van der Waals surface area (Å²) in [5, 5.41) is 11.7. The maximum absolute atomic E-state index is 8.97. The Kier molecular flexibility index (Phi) is 7.69. The molecule has 2 aromatic rings. The lowest BCUT2D eigenvalue weighted by atomic mass is 9.88. The molecule has 4 heteroatoms. The van der Waals surface area contributed by atoms with E-state index in [-0.39, 0.29) is 11.6 Å². The summed E-state index contributed by atoms with van der Waals surface area (Å²) in [6.07, 6.45) is 4.69. The van der Waals surface area contributed by atoms with Crippen molar-refractivity contribution in [2.75, 3.05) is 19.8 Å². The Morgan fingerprint density at radius 1 is 0.862 bits per heavy atom. The summed E-state index contributed by atoms with van der Waals surface area (Å²) >= 11 is 0. The van der Waals surface area contributed by atoms with Gasteiger partial charge in [0.15, 0.2) is 0 Å². The van der Waals surface area contributed by atoms with Crippen LogP contribution in [0.1, 0.15) is 46.5 Å². The number of rotatable bonds is 8. The normalized spacial score (nSPS) is 20.6. The van der Waals surface area contributed by atoms with Crippen LogP contribution in [0.15, 0.2) is 60.7 Å². The van der Waals surface area contributed by atoms with Gasteiger partial charge in [-0.1, -0.05) is 81.4 Å². The highest BCUT2D eigenvalue weighted by molar-refractivity contribution is 6.99. The first-order valence-electron chi connectivity index (χ1n) is 10.9. The van der Waals surface area contributed by atoms with Gasteiger partial charge in [0.05, 0.1) is 19.3 Å². The van der Waals surface area contributed by atoms with Crippen molar-refractivity contribution in [3.05, 3.63) is 60.7 Å². The van der Waals surface area contributed by atoms with E-state index in [1.807, 2.05) is 0 Å². The maximum Gasteiger partial charge on any atom is 0.261 e. The Morgan fingerprint density at radius 3 is 1.83 bits per heavy atom. The molecule has 0 unspecified atom stereocenters. The van der Waals surface area contributed by atoms with Gasteiger partial charge < -0.3 is 14.3 Å². The molecule has 0 aromatic heterocycles. The maximum atomic E-state index is 8.97. The minimum atomic E-state index is -2.44. The molecule has 0 saturated heterocycles. The molecule has 1 N–H and O–H groups in total. The van der Waals surface area contributed by atoms with E-state index in [4.69, 9.17) is 14.3 Å². The van der Waals surface area contributed by atoms with E-state index in [1.54, 1.807) is 0 Å². The predicted molar refractivity (Wildman–Crippen MR) is 122 cm³/mol. The standard InChI is InChI=1S/C25H36O3Si/c1-25(2,3)29(23-10-6-4-7-11-23,24-12-8-5-9-13-24)28-20-21-14-16-22(17-15-21)27-19-18-26/h4-13,21-22,26H,14-20H2,1-3H3. The van der Waals surface area contributed by atoms with Crippen LogP contribution in [0.4, 0.5) is 0 Å². The van der Waals surface area contributed by atoms with Crippen molar-refractivity contribution in [1.82, 2.24) is 0 Å². The Bertz CT molecular complexity index is 679. The molecule has 1 saturated carbocycles. The highest BCUT2D eigenvalue weighted by Crippen LogP contribution is 2.38. The molecule has 3 rings (SSSR count). The fourth-order valence-corrected chi connectivity index (χ4v) is 9.33. The topological polar surface area (TPSA) is 38.7 Å². The van der Waals surface area contributed by atoms with E-state index in [1.165, 1.54) is 10.4 Å². The second-order valence-electron chi connectivity index (χ2n) is 9.21. The van der Waals surface area contributed by atoms with Crippen LogP contribution in [-0.4, -0.2) is 39.3 Å². The van der Waals surface area contributed by atoms with E-state index >= 15 is 0 Å². The van der Waals surface area contributed by atoms with Crippen LogP contribution < -0.4 is 10.4 Å². The molecule has 0 heterocycles. The quantitative estimate of drug-likeness (QED) is 0.663. The lowest BCUT2D eigenvalue weighted by molar-refractivity contribution is -0.00379. The smallest absolute Gasteiger partial charge is 0.261 e. The summed E-state index contributed by atoms with van der Waals surface area (Å²) in [7, 11) is -2.44. The van der Waals surface area contributed by atoms with Crippen molar-refractivity contribution < 1.29 is 14.3 Å². The van der Waals surface area contributed by atoms with E-state index in [0.717, 1.165) is 32.3 Å². The number of ether oxygens (including phenoxy) is 1. The monoisotopic (exact) mass is 412 g/mol. The molecule has 0 atom stereocenters. The SMILES string of the molecule is CC(C)(C)[Si](OCC1CCC(OCCO)CC1)(c1ccccc1)c1ccccc1. The predicted octanol–water partition coefficient (Wildman–Crippen LogP) is 4.13. The summed E-state index contributed by atoms with van der Waals surface area (Å²) in [6.45, 7) is 8.36. The van der Waals surface area contributed by atoms with Crippen molar-refractivity contribution in [2.24, 2.45) is 5.92 Å². The van der Waals surface area contributed by atoms with Crippen LogP contribution >= 0.6 is 0 Å². The van der Waals surface area contributed by atoms with Gasteiger partial charge in [-0.25, -0.2) is 0 Å². The Balaban J connectivity index is 1.82. The van der Waals surface area contributed by atoms with E-state index in [2.05, 4.69) is 81.4 Å². The minimum absolute atomic E-state index is 0.0249. The first kappa shape index (κ1) is 22.2. The third kappa shape index (κ3) is 5.18. The van der Waals surface area contributed by atoms with Crippen LogP contribution in [0.2, 0.25) is 5.04 Å². The molecule has 0 radical (unpaired) electrons. The second-order valence-corrected chi connectivity index (χ2v) is 13.5. The molecule has 0 spiro atoms. The van der Waals surface area contributed by atoms with Gasteiger partial charge in [0.25, 0.3) is 8.32 Å². The molecular formula is C25H36O3Si. The Hall–Kier alpha value is -1.46. The average Bonchev–Trinajstić information content (AvgIpc) is 2.74. The Morgan fingerprint density at radius 2 is 1.38 bits per heavy atom. The molecule has 0 amide bonds. The van der Waals surface area contributed by atoms with Crippen molar-refractivity contribution in [2.45, 2.75) is 57.6 Å². The minimum Gasteiger partial charge on any atom is -0.407 e. The third-order valence-corrected chi connectivity index (χ3v) is 11.2. The molecule has 0 bridgehead atoms. The zero-order valence-electron chi connectivity index (χ0n) is 18.1. The van der Waals surface area contributed by atoms with Gasteiger partial charge in [-0.2, -0.15) is 0 Å². The number of aliphatic hydroxyl groups is 1. The number of aliphatic hydroxyl groups excluding tert-OH is 1. The third-order valence-electron chi connectivity index (χ3n) is 6.19. The van der Waals surface area contributed by atoms with Crippen LogP contribution in [0.5, 0.6) is 0 Å². The zero-order valence-corrected chi connectivity index (χ0v) is 19.1. The summed E-state index contributed by atoms with van der Waals surface area (Å²) < 4.78 is 12.8. The van der Waals surface area contributed by atoms with Crippen LogP contribution in [0.3, 0.4) is 0 Å². The zero-order chi connectivity index (χ0) is 20.7. The van der Waals surface area contributed by atoms with Crippen molar-refractivity contribution in [1.29, 1.82) is 0 Å². The van der Waals surface area contributed by atoms with Crippen LogP contribution in [0.25, 0.3) is 0 Å². The first-order chi connectivity index (χ1) is 14.0. The van der Waals surface area contributed by atoms with Gasteiger partial charge in [0, 0.05) is 6.61 Å². The van der Waals surface area contributed by atoms with Gasteiger partial charge in [0.1, 0.15) is 0 Å². The molecule has 3 nitrogen and oxygen atoms in total. The van der Waals surface area contributed by atoms with Crippen molar-refractivity contribution >= 4 is 18.7 Å². The van der Waals surface area contributed by atoms with Crippen LogP contribution in [0, 0.1) is 5.92 Å². The number of hydrogen-bond donors (Lipinski definition) is 1. The molecule has 29 heavy (non-hydrogen) atoms. The molecule has 0 aliphatic heterocycles. The van der Waals surface area contributed by atoms with E-state index < -0.39 is 8.32 Å². The first-order valence-corrected chi connectivity index (χ1v) is 12.9. The van der Waals surface area contributed by atoms with Crippen molar-refractivity contribution in [3.8, 4) is 0 Å². The highest BCUT2D eigenvalue weighted by Gasteiger charge is 2.50. The van der Waals surface area contributed by atoms with Gasteiger partial charge in [-0.15, -0.1) is 0 Å². The summed E-state index contributed by atoms with van der Waals surface area (Å²) in [5.74, 6) is 0.575. The molecule has 1 aliphatic carbocycles. The van der Waals surface area contributed by atoms with Gasteiger partial charge >= 0.3 is 0 Å².